The summed E-state index contributed by atoms with van der Waals surface area (Å²) in [6, 6.07) is 6.34. The van der Waals surface area contributed by atoms with Gasteiger partial charge in [0.05, 0.1) is 25.4 Å². The summed E-state index contributed by atoms with van der Waals surface area (Å²) in [4.78, 5) is 2.20. The summed E-state index contributed by atoms with van der Waals surface area (Å²) < 4.78 is 11.0. The van der Waals surface area contributed by atoms with E-state index in [1.165, 1.54) is 0 Å². The number of aryl methyl sites for hydroxylation is 2. The molecule has 1 aromatic carbocycles. The van der Waals surface area contributed by atoms with Crippen LogP contribution in [0.25, 0.3) is 0 Å². The zero-order valence-corrected chi connectivity index (χ0v) is 13.3. The van der Waals surface area contributed by atoms with Gasteiger partial charge < -0.3 is 19.7 Å². The number of nitrogens with zero attached hydrogens (tertiary/aromatic N) is 1. The molecule has 0 unspecified atom stereocenters. The number of likely N-dealkylation sites (tertiary alicyclic amines) is 1. The number of hydrogen-bond acceptors (Lipinski definition) is 5. The van der Waals surface area contributed by atoms with Gasteiger partial charge >= 0.3 is 0 Å². The molecule has 0 bridgehead atoms. The zero-order chi connectivity index (χ0) is 15.7. The van der Waals surface area contributed by atoms with Crippen molar-refractivity contribution >= 4 is 0 Å². The third-order valence-corrected chi connectivity index (χ3v) is 4.61. The van der Waals surface area contributed by atoms with Gasteiger partial charge in [0.1, 0.15) is 18.0 Å². The Bertz CT molecular complexity index is 511. The molecule has 0 saturated carbocycles. The van der Waals surface area contributed by atoms with Crippen LogP contribution >= 0.6 is 0 Å². The lowest BCUT2D eigenvalue weighted by Crippen LogP contribution is -2.64. The number of aliphatic hydroxyl groups excluding tert-OH is 1. The maximum Gasteiger partial charge on any atom is 0.137 e. The van der Waals surface area contributed by atoms with Crippen molar-refractivity contribution in [3.63, 3.8) is 0 Å². The molecule has 3 rings (SSSR count). The maximum atomic E-state index is 10.8. The highest BCUT2D eigenvalue weighted by Gasteiger charge is 2.44. The SMILES string of the molecule is Cc1cc(C)cc(OC[C@@]2(O)CN(C3COC3)CC[C@@H]2O)c1. The molecule has 2 heterocycles. The van der Waals surface area contributed by atoms with E-state index in [-0.39, 0.29) is 6.61 Å². The van der Waals surface area contributed by atoms with Crippen molar-refractivity contribution < 1.29 is 19.7 Å². The minimum absolute atomic E-state index is 0.0984. The first-order valence-corrected chi connectivity index (χ1v) is 7.90. The Kier molecular flexibility index (Phi) is 4.41. The van der Waals surface area contributed by atoms with Crippen LogP contribution in [0.2, 0.25) is 0 Å². The molecule has 0 radical (unpaired) electrons. The van der Waals surface area contributed by atoms with Gasteiger partial charge in [0.15, 0.2) is 0 Å². The van der Waals surface area contributed by atoms with Crippen LogP contribution in [-0.4, -0.2) is 65.8 Å². The molecule has 0 spiro atoms. The second kappa shape index (κ2) is 6.16. The smallest absolute Gasteiger partial charge is 0.137 e. The standard InChI is InChI=1S/C17H25NO4/c1-12-5-13(2)7-15(6-12)22-11-17(20)10-18(4-3-16(17)19)14-8-21-9-14/h5-7,14,16,19-20H,3-4,8-11H2,1-2H3/t16-,17-/m0/s1. The fraction of sp³-hybridized carbons (Fsp3) is 0.647. The highest BCUT2D eigenvalue weighted by molar-refractivity contribution is 5.33. The Labute approximate surface area is 131 Å². The van der Waals surface area contributed by atoms with Crippen molar-refractivity contribution in [2.45, 2.75) is 38.0 Å². The highest BCUT2D eigenvalue weighted by atomic mass is 16.5. The van der Waals surface area contributed by atoms with Crippen LogP contribution in [-0.2, 0) is 4.74 Å². The van der Waals surface area contributed by atoms with Gasteiger partial charge in [-0.1, -0.05) is 6.07 Å². The molecule has 2 saturated heterocycles. The van der Waals surface area contributed by atoms with Gasteiger partial charge in [-0.25, -0.2) is 0 Å². The molecule has 2 atom stereocenters. The first-order valence-electron chi connectivity index (χ1n) is 7.90. The molecule has 5 heteroatoms. The molecule has 1 aromatic rings. The summed E-state index contributed by atoms with van der Waals surface area (Å²) in [6.45, 7) is 6.77. The number of β-amino-alcohol motifs (C(OH)–C–C–N with tert-alkyl or cyclic N) is 1. The molecule has 2 aliphatic rings. The largest absolute Gasteiger partial charge is 0.490 e. The van der Waals surface area contributed by atoms with Crippen molar-refractivity contribution in [1.29, 1.82) is 0 Å². The van der Waals surface area contributed by atoms with Crippen LogP contribution in [0.5, 0.6) is 5.75 Å². The van der Waals surface area contributed by atoms with Crippen LogP contribution in [0.1, 0.15) is 17.5 Å². The molecular formula is C17H25NO4. The van der Waals surface area contributed by atoms with E-state index in [2.05, 4.69) is 11.0 Å². The molecule has 22 heavy (non-hydrogen) atoms. The molecule has 2 N–H and O–H groups in total. The van der Waals surface area contributed by atoms with Gasteiger partial charge in [-0.3, -0.25) is 4.90 Å². The number of rotatable bonds is 4. The third-order valence-electron chi connectivity index (χ3n) is 4.61. The molecule has 2 aliphatic heterocycles. The zero-order valence-electron chi connectivity index (χ0n) is 13.3. The Morgan fingerprint density at radius 3 is 2.55 bits per heavy atom. The van der Waals surface area contributed by atoms with Crippen molar-refractivity contribution in [2.24, 2.45) is 0 Å². The van der Waals surface area contributed by atoms with E-state index in [0.717, 1.165) is 23.4 Å². The molecule has 122 valence electrons. The summed E-state index contributed by atoms with van der Waals surface area (Å²) in [5, 5.41) is 21.0. The molecule has 0 aromatic heterocycles. The topological polar surface area (TPSA) is 62.2 Å². The second-order valence-electron chi connectivity index (χ2n) is 6.68. The Hall–Kier alpha value is -1.14. The lowest BCUT2D eigenvalue weighted by Gasteiger charge is -2.47. The Balaban J connectivity index is 1.65. The summed E-state index contributed by atoms with van der Waals surface area (Å²) in [7, 11) is 0. The molecule has 0 aliphatic carbocycles. The van der Waals surface area contributed by atoms with Crippen molar-refractivity contribution in [2.75, 3.05) is 32.9 Å². The minimum Gasteiger partial charge on any atom is -0.490 e. The molecule has 2 fully saturated rings. The van der Waals surface area contributed by atoms with Gasteiger partial charge in [0.25, 0.3) is 0 Å². The lowest BCUT2D eigenvalue weighted by molar-refractivity contribution is -0.167. The van der Waals surface area contributed by atoms with Crippen LogP contribution in [0.3, 0.4) is 0 Å². The first-order chi connectivity index (χ1) is 10.5. The number of hydrogen-bond donors (Lipinski definition) is 2. The number of ether oxygens (including phenoxy) is 2. The van der Waals surface area contributed by atoms with E-state index in [1.807, 2.05) is 26.0 Å². The molecule has 0 amide bonds. The van der Waals surface area contributed by atoms with Crippen molar-refractivity contribution in [1.82, 2.24) is 4.90 Å². The highest BCUT2D eigenvalue weighted by Crippen LogP contribution is 2.27. The summed E-state index contributed by atoms with van der Waals surface area (Å²) in [5.41, 5.74) is 1.02. The maximum absolute atomic E-state index is 10.8. The van der Waals surface area contributed by atoms with E-state index in [0.29, 0.717) is 32.2 Å². The van der Waals surface area contributed by atoms with E-state index >= 15 is 0 Å². The fourth-order valence-corrected chi connectivity index (χ4v) is 3.21. The summed E-state index contributed by atoms with van der Waals surface area (Å²) in [6.07, 6.45) is -0.195. The van der Waals surface area contributed by atoms with Crippen molar-refractivity contribution in [3.05, 3.63) is 29.3 Å². The van der Waals surface area contributed by atoms with Crippen LogP contribution in [0, 0.1) is 13.8 Å². The lowest BCUT2D eigenvalue weighted by atomic mass is 9.89. The second-order valence-corrected chi connectivity index (χ2v) is 6.68. The van der Waals surface area contributed by atoms with Crippen LogP contribution < -0.4 is 4.74 Å². The van der Waals surface area contributed by atoms with E-state index in [9.17, 15) is 10.2 Å². The minimum atomic E-state index is -1.23. The van der Waals surface area contributed by atoms with Gasteiger partial charge in [0.2, 0.25) is 0 Å². The Morgan fingerprint density at radius 2 is 1.95 bits per heavy atom. The monoisotopic (exact) mass is 307 g/mol. The van der Waals surface area contributed by atoms with Crippen LogP contribution in [0.4, 0.5) is 0 Å². The third kappa shape index (κ3) is 3.27. The quantitative estimate of drug-likeness (QED) is 0.864. The molecular weight excluding hydrogens is 282 g/mol. The van der Waals surface area contributed by atoms with Gasteiger partial charge in [0, 0.05) is 13.1 Å². The van der Waals surface area contributed by atoms with Crippen molar-refractivity contribution in [3.8, 4) is 5.75 Å². The van der Waals surface area contributed by atoms with E-state index < -0.39 is 11.7 Å². The van der Waals surface area contributed by atoms with E-state index in [1.54, 1.807) is 0 Å². The Morgan fingerprint density at radius 1 is 1.27 bits per heavy atom. The number of benzene rings is 1. The van der Waals surface area contributed by atoms with E-state index in [4.69, 9.17) is 9.47 Å². The molecule has 5 nitrogen and oxygen atoms in total. The first kappa shape index (κ1) is 15.7. The predicted molar refractivity (Wildman–Crippen MR) is 83.2 cm³/mol. The number of piperidine rings is 1. The predicted octanol–water partition coefficient (Wildman–Crippen LogP) is 0.879. The van der Waals surface area contributed by atoms with Gasteiger partial charge in [-0.2, -0.15) is 0 Å². The van der Waals surface area contributed by atoms with Gasteiger partial charge in [-0.05, 0) is 43.5 Å². The average molecular weight is 307 g/mol. The summed E-state index contributed by atoms with van der Waals surface area (Å²) >= 11 is 0. The normalized spacial score (nSPS) is 30.1. The fourth-order valence-electron chi connectivity index (χ4n) is 3.21. The van der Waals surface area contributed by atoms with Crippen LogP contribution in [0.15, 0.2) is 18.2 Å². The summed E-state index contributed by atoms with van der Waals surface area (Å²) in [5.74, 6) is 0.738. The van der Waals surface area contributed by atoms with Gasteiger partial charge in [-0.15, -0.1) is 0 Å². The number of aliphatic hydroxyl groups is 2. The average Bonchev–Trinajstić information content (AvgIpc) is 2.38.